The largest absolute Gasteiger partial charge is 0.494 e. The van der Waals surface area contributed by atoms with Crippen LogP contribution in [0.25, 0.3) is 0 Å². The van der Waals surface area contributed by atoms with Crippen LogP contribution in [0.15, 0.2) is 45.5 Å². The Bertz CT molecular complexity index is 1160. The smallest absolute Gasteiger partial charge is 0.331 e. The molecule has 1 aromatic carbocycles. The summed E-state index contributed by atoms with van der Waals surface area (Å²) < 4.78 is 11.7. The van der Waals surface area contributed by atoms with Crippen LogP contribution in [-0.2, 0) is 11.3 Å². The SMILES string of the molecule is C=CCn1c(O)c(C2=NN(C(C)=O)C(c3ccc4c(c3)OCO4)C2)c(=O)[nH]c1=O. The topological polar surface area (TPSA) is 126 Å². The monoisotopic (exact) mass is 398 g/mol. The number of carbonyl (C=O) groups is 1. The zero-order valence-electron chi connectivity index (χ0n) is 15.5. The van der Waals surface area contributed by atoms with Crippen LogP contribution in [0.4, 0.5) is 0 Å². The molecule has 10 nitrogen and oxygen atoms in total. The van der Waals surface area contributed by atoms with E-state index in [0.717, 1.165) is 10.1 Å². The summed E-state index contributed by atoms with van der Waals surface area (Å²) in [5, 5.41) is 16.0. The number of nitrogens with zero attached hydrogens (tertiary/aromatic N) is 3. The summed E-state index contributed by atoms with van der Waals surface area (Å²) in [5.74, 6) is 0.303. The van der Waals surface area contributed by atoms with Gasteiger partial charge in [0.1, 0.15) is 5.56 Å². The number of hydrogen-bond donors (Lipinski definition) is 2. The van der Waals surface area contributed by atoms with E-state index < -0.39 is 23.2 Å². The fourth-order valence-electron chi connectivity index (χ4n) is 3.45. The Morgan fingerprint density at radius 2 is 2.14 bits per heavy atom. The van der Waals surface area contributed by atoms with E-state index in [-0.39, 0.29) is 36.9 Å². The minimum atomic E-state index is -0.776. The molecule has 1 unspecified atom stereocenters. The number of aromatic amines is 1. The van der Waals surface area contributed by atoms with E-state index in [2.05, 4.69) is 16.7 Å². The molecule has 1 amide bonds. The van der Waals surface area contributed by atoms with E-state index in [1.165, 1.54) is 18.0 Å². The van der Waals surface area contributed by atoms with Crippen LogP contribution in [0.2, 0.25) is 0 Å². The molecule has 0 fully saturated rings. The van der Waals surface area contributed by atoms with E-state index >= 15 is 0 Å². The summed E-state index contributed by atoms with van der Waals surface area (Å²) in [6.07, 6.45) is 1.58. The normalized spacial score (nSPS) is 17.3. The quantitative estimate of drug-likeness (QED) is 0.736. The number of rotatable bonds is 4. The molecule has 10 heteroatoms. The molecule has 150 valence electrons. The fraction of sp³-hybridized carbons (Fsp3) is 0.263. The highest BCUT2D eigenvalue weighted by Gasteiger charge is 2.35. The highest BCUT2D eigenvalue weighted by atomic mass is 16.7. The molecule has 2 N–H and O–H groups in total. The Morgan fingerprint density at radius 1 is 1.38 bits per heavy atom. The van der Waals surface area contributed by atoms with Gasteiger partial charge in [-0.1, -0.05) is 12.1 Å². The molecule has 2 aliphatic rings. The third-order valence-electron chi connectivity index (χ3n) is 4.79. The van der Waals surface area contributed by atoms with Gasteiger partial charge in [0, 0.05) is 19.9 Å². The van der Waals surface area contributed by atoms with Crippen molar-refractivity contribution in [3.8, 4) is 17.4 Å². The molecule has 1 atom stereocenters. The van der Waals surface area contributed by atoms with E-state index in [1.807, 2.05) is 0 Å². The second-order valence-electron chi connectivity index (χ2n) is 6.60. The standard InChI is InChI=1S/C19H18N4O6/c1-3-6-22-18(26)16(17(25)20-19(22)27)12-8-13(23(21-12)10(2)24)11-4-5-14-15(7-11)29-9-28-14/h3-5,7,13,26H,1,6,8-9H2,2H3,(H,20,25,27). The predicted octanol–water partition coefficient (Wildman–Crippen LogP) is 0.854. The number of ether oxygens (including phenoxy) is 2. The number of benzene rings is 1. The predicted molar refractivity (Wildman–Crippen MR) is 102 cm³/mol. The van der Waals surface area contributed by atoms with Crippen LogP contribution in [0.1, 0.15) is 30.5 Å². The van der Waals surface area contributed by atoms with Crippen molar-refractivity contribution < 1.29 is 19.4 Å². The first-order valence-corrected chi connectivity index (χ1v) is 8.85. The molecule has 0 saturated carbocycles. The lowest BCUT2D eigenvalue weighted by Gasteiger charge is -2.20. The van der Waals surface area contributed by atoms with Gasteiger partial charge in [0.2, 0.25) is 18.6 Å². The van der Waals surface area contributed by atoms with Crippen LogP contribution in [0.5, 0.6) is 17.4 Å². The summed E-state index contributed by atoms with van der Waals surface area (Å²) in [6, 6.07) is 4.78. The maximum Gasteiger partial charge on any atom is 0.331 e. The van der Waals surface area contributed by atoms with Gasteiger partial charge in [0.15, 0.2) is 11.5 Å². The number of aromatic hydroxyl groups is 1. The van der Waals surface area contributed by atoms with E-state index in [4.69, 9.17) is 9.47 Å². The molecule has 0 aliphatic carbocycles. The number of hydrazone groups is 1. The van der Waals surface area contributed by atoms with Crippen molar-refractivity contribution in [1.29, 1.82) is 0 Å². The van der Waals surface area contributed by atoms with Gasteiger partial charge in [-0.2, -0.15) is 5.10 Å². The molecule has 3 heterocycles. The van der Waals surface area contributed by atoms with Crippen LogP contribution in [-0.4, -0.2) is 38.1 Å². The third-order valence-corrected chi connectivity index (χ3v) is 4.79. The Morgan fingerprint density at radius 3 is 2.86 bits per heavy atom. The van der Waals surface area contributed by atoms with Gasteiger partial charge in [0.05, 0.1) is 11.8 Å². The number of nitrogens with one attached hydrogen (secondary N) is 1. The van der Waals surface area contributed by atoms with Crippen LogP contribution in [0, 0.1) is 0 Å². The lowest BCUT2D eigenvalue weighted by molar-refractivity contribution is -0.130. The zero-order chi connectivity index (χ0) is 20.7. The summed E-state index contributed by atoms with van der Waals surface area (Å²) in [5.41, 5.74) is -0.759. The molecule has 0 bridgehead atoms. The second-order valence-corrected chi connectivity index (χ2v) is 6.60. The minimum absolute atomic E-state index is 0.00371. The highest BCUT2D eigenvalue weighted by Crippen LogP contribution is 2.39. The molecule has 0 spiro atoms. The summed E-state index contributed by atoms with van der Waals surface area (Å²) in [4.78, 5) is 38.7. The van der Waals surface area contributed by atoms with Crippen molar-refractivity contribution in [2.24, 2.45) is 5.10 Å². The van der Waals surface area contributed by atoms with Gasteiger partial charge in [-0.3, -0.25) is 19.1 Å². The summed E-state index contributed by atoms with van der Waals surface area (Å²) >= 11 is 0. The van der Waals surface area contributed by atoms with Gasteiger partial charge >= 0.3 is 5.69 Å². The molecular weight excluding hydrogens is 380 g/mol. The number of allylic oxidation sites excluding steroid dienone is 1. The molecule has 0 radical (unpaired) electrons. The molecule has 2 aliphatic heterocycles. The van der Waals surface area contributed by atoms with Crippen molar-refractivity contribution >= 4 is 11.6 Å². The number of fused-ring (bicyclic) bond motifs is 1. The molecule has 0 saturated heterocycles. The average Bonchev–Trinajstić information content (AvgIpc) is 3.31. The Hall–Kier alpha value is -3.82. The van der Waals surface area contributed by atoms with E-state index in [1.54, 1.807) is 18.2 Å². The van der Waals surface area contributed by atoms with E-state index in [9.17, 15) is 19.5 Å². The lowest BCUT2D eigenvalue weighted by atomic mass is 9.98. The van der Waals surface area contributed by atoms with Crippen molar-refractivity contribution in [2.45, 2.75) is 25.9 Å². The van der Waals surface area contributed by atoms with Crippen LogP contribution >= 0.6 is 0 Å². The third kappa shape index (κ3) is 3.08. The zero-order valence-corrected chi connectivity index (χ0v) is 15.5. The maximum atomic E-state index is 12.4. The molecular formula is C19H18N4O6. The minimum Gasteiger partial charge on any atom is -0.494 e. The second kappa shape index (κ2) is 6.97. The first-order valence-electron chi connectivity index (χ1n) is 8.85. The van der Waals surface area contributed by atoms with Crippen molar-refractivity contribution in [3.05, 3.63) is 62.8 Å². The fourth-order valence-corrected chi connectivity index (χ4v) is 3.45. The summed E-state index contributed by atoms with van der Waals surface area (Å²) in [7, 11) is 0. The van der Waals surface area contributed by atoms with Gasteiger partial charge in [0.25, 0.3) is 5.56 Å². The summed E-state index contributed by atoms with van der Waals surface area (Å²) in [6.45, 7) is 5.02. The van der Waals surface area contributed by atoms with Crippen molar-refractivity contribution in [1.82, 2.24) is 14.6 Å². The molecule has 29 heavy (non-hydrogen) atoms. The first kappa shape index (κ1) is 18.5. The Kier molecular flexibility index (Phi) is 4.45. The number of amides is 1. The number of hydrogen-bond acceptors (Lipinski definition) is 7. The van der Waals surface area contributed by atoms with Gasteiger partial charge < -0.3 is 14.6 Å². The maximum absolute atomic E-state index is 12.4. The number of H-pyrrole nitrogens is 1. The van der Waals surface area contributed by atoms with Crippen molar-refractivity contribution in [2.75, 3.05) is 6.79 Å². The van der Waals surface area contributed by atoms with Gasteiger partial charge in [-0.25, -0.2) is 9.80 Å². The Balaban J connectivity index is 1.77. The molecule has 1 aromatic heterocycles. The highest BCUT2D eigenvalue weighted by molar-refractivity contribution is 6.04. The van der Waals surface area contributed by atoms with E-state index in [0.29, 0.717) is 11.5 Å². The number of carbonyl (C=O) groups excluding carboxylic acids is 1. The van der Waals surface area contributed by atoms with Gasteiger partial charge in [-0.15, -0.1) is 6.58 Å². The van der Waals surface area contributed by atoms with Crippen LogP contribution in [0.3, 0.4) is 0 Å². The van der Waals surface area contributed by atoms with Crippen molar-refractivity contribution in [3.63, 3.8) is 0 Å². The Labute approximate surface area is 164 Å². The average molecular weight is 398 g/mol. The lowest BCUT2D eigenvalue weighted by Crippen LogP contribution is -2.33. The molecule has 4 rings (SSSR count). The molecule has 2 aromatic rings. The number of aromatic nitrogens is 2. The van der Waals surface area contributed by atoms with Gasteiger partial charge in [-0.05, 0) is 17.7 Å². The van der Waals surface area contributed by atoms with Crippen LogP contribution < -0.4 is 20.7 Å². The first-order chi connectivity index (χ1) is 13.9.